The van der Waals surface area contributed by atoms with Crippen LogP contribution in [0.5, 0.6) is 0 Å². The number of nitro groups is 1. The number of amides is 1. The van der Waals surface area contributed by atoms with Gasteiger partial charge in [-0.05, 0) is 24.3 Å². The van der Waals surface area contributed by atoms with Gasteiger partial charge in [-0.15, -0.1) is 0 Å². The molecule has 0 unspecified atom stereocenters. The van der Waals surface area contributed by atoms with Crippen LogP contribution in [0, 0.1) is 10.1 Å². The van der Waals surface area contributed by atoms with Crippen molar-refractivity contribution in [1.82, 2.24) is 9.21 Å². The molecule has 0 aromatic heterocycles. The number of piperazine rings is 1. The summed E-state index contributed by atoms with van der Waals surface area (Å²) in [7, 11) is -3.81. The van der Waals surface area contributed by atoms with E-state index < -0.39 is 14.9 Å². The maximum atomic E-state index is 12.9. The summed E-state index contributed by atoms with van der Waals surface area (Å²) in [6.07, 6.45) is 0. The highest BCUT2D eigenvalue weighted by atomic mass is 79.9. The maximum Gasteiger partial charge on any atom is 0.269 e. The summed E-state index contributed by atoms with van der Waals surface area (Å²) in [5.41, 5.74) is 0.385. The van der Waals surface area contributed by atoms with Gasteiger partial charge in [0.1, 0.15) is 0 Å². The van der Waals surface area contributed by atoms with Crippen LogP contribution in [-0.2, 0) is 10.0 Å². The Morgan fingerprint density at radius 1 is 1.11 bits per heavy atom. The van der Waals surface area contributed by atoms with Gasteiger partial charge in [0.05, 0.1) is 15.9 Å². The maximum absolute atomic E-state index is 12.9. The van der Waals surface area contributed by atoms with Gasteiger partial charge in [0, 0.05) is 42.7 Å². The average Bonchev–Trinajstić information content (AvgIpc) is 2.73. The zero-order valence-corrected chi connectivity index (χ0v) is 17.2. The topological polar surface area (TPSA) is 101 Å². The number of nitro benzene ring substituents is 1. The normalized spacial score (nSPS) is 18.0. The Bertz CT molecular complexity index is 966. The van der Waals surface area contributed by atoms with Gasteiger partial charge in [0.15, 0.2) is 0 Å². The van der Waals surface area contributed by atoms with E-state index in [-0.39, 0.29) is 42.2 Å². The van der Waals surface area contributed by atoms with E-state index in [1.807, 2.05) is 6.07 Å². The van der Waals surface area contributed by atoms with E-state index >= 15 is 0 Å². The van der Waals surface area contributed by atoms with Crippen LogP contribution in [0.15, 0.2) is 59.5 Å². The number of carbonyl (C=O) groups excluding carboxylic acids is 1. The molecular weight excluding hydrogens is 450 g/mol. The molecule has 0 spiro atoms. The molecule has 10 heteroatoms. The summed E-state index contributed by atoms with van der Waals surface area (Å²) in [5.74, 6) is -0.141. The summed E-state index contributed by atoms with van der Waals surface area (Å²) in [6.45, 7) is 0.556. The van der Waals surface area contributed by atoms with E-state index in [1.165, 1.54) is 28.6 Å². The Kier molecular flexibility index (Phi) is 6.11. The first-order valence-electron chi connectivity index (χ1n) is 8.51. The number of non-ortho nitro benzene ring substituents is 1. The van der Waals surface area contributed by atoms with Crippen LogP contribution in [0.1, 0.15) is 10.4 Å². The third kappa shape index (κ3) is 4.08. The molecule has 0 saturated carbocycles. The van der Waals surface area contributed by atoms with Crippen LogP contribution in [0.2, 0.25) is 0 Å². The molecular formula is C18H18BrN3O5S. The molecule has 3 rings (SSSR count). The Balaban J connectivity index is 1.78. The van der Waals surface area contributed by atoms with Gasteiger partial charge in [-0.2, -0.15) is 4.31 Å². The van der Waals surface area contributed by atoms with Gasteiger partial charge in [-0.25, -0.2) is 8.42 Å². The lowest BCUT2D eigenvalue weighted by Crippen LogP contribution is -2.57. The third-order valence-electron chi connectivity index (χ3n) is 4.59. The first kappa shape index (κ1) is 20.4. The predicted octanol–water partition coefficient (Wildman–Crippen LogP) is 2.51. The minimum atomic E-state index is -3.81. The van der Waals surface area contributed by atoms with E-state index in [1.54, 1.807) is 29.2 Å². The molecule has 0 aliphatic carbocycles. The Morgan fingerprint density at radius 3 is 2.32 bits per heavy atom. The number of nitrogens with zero attached hydrogens (tertiary/aromatic N) is 3. The first-order valence-corrected chi connectivity index (χ1v) is 11.1. The lowest BCUT2D eigenvalue weighted by molar-refractivity contribution is -0.384. The molecule has 1 heterocycles. The van der Waals surface area contributed by atoms with Crippen molar-refractivity contribution in [2.24, 2.45) is 0 Å². The average molecular weight is 468 g/mol. The zero-order chi connectivity index (χ0) is 20.3. The number of alkyl halides is 1. The number of benzene rings is 2. The van der Waals surface area contributed by atoms with Crippen LogP contribution in [0.25, 0.3) is 0 Å². The standard InChI is InChI=1S/C18H18BrN3O5S/c19-12-16-13-20(10-11-21(16)18(23)14-4-2-1-3-5-14)28(26,27)17-8-6-15(7-9-17)22(24)25/h1-9,16H,10-13H2/t16-/m0/s1. The highest BCUT2D eigenvalue weighted by Gasteiger charge is 2.36. The molecule has 0 radical (unpaired) electrons. The van der Waals surface area contributed by atoms with Crippen molar-refractivity contribution in [3.05, 3.63) is 70.3 Å². The number of sulfonamides is 1. The van der Waals surface area contributed by atoms with Gasteiger partial charge >= 0.3 is 0 Å². The number of rotatable bonds is 5. The molecule has 2 aromatic carbocycles. The Hall–Kier alpha value is -2.30. The van der Waals surface area contributed by atoms with E-state index in [0.717, 1.165) is 0 Å². The van der Waals surface area contributed by atoms with Crippen molar-refractivity contribution in [2.45, 2.75) is 10.9 Å². The Morgan fingerprint density at radius 2 is 1.75 bits per heavy atom. The van der Waals surface area contributed by atoms with E-state index in [0.29, 0.717) is 10.9 Å². The summed E-state index contributed by atoms with van der Waals surface area (Å²) in [6, 6.07) is 13.3. The van der Waals surface area contributed by atoms with Crippen molar-refractivity contribution < 1.29 is 18.1 Å². The number of carbonyl (C=O) groups is 1. The molecule has 28 heavy (non-hydrogen) atoms. The second-order valence-corrected chi connectivity index (χ2v) is 8.87. The smallest absolute Gasteiger partial charge is 0.269 e. The monoisotopic (exact) mass is 467 g/mol. The van der Waals surface area contributed by atoms with Crippen LogP contribution in [0.4, 0.5) is 5.69 Å². The molecule has 1 aliphatic heterocycles. The summed E-state index contributed by atoms with van der Waals surface area (Å²) in [5, 5.41) is 11.2. The lowest BCUT2D eigenvalue weighted by atomic mass is 10.1. The van der Waals surface area contributed by atoms with Crippen molar-refractivity contribution >= 4 is 37.5 Å². The van der Waals surface area contributed by atoms with Crippen molar-refractivity contribution in [1.29, 1.82) is 0 Å². The fourth-order valence-corrected chi connectivity index (χ4v) is 5.10. The van der Waals surface area contributed by atoms with Crippen molar-refractivity contribution in [3.63, 3.8) is 0 Å². The summed E-state index contributed by atoms with van der Waals surface area (Å²) < 4.78 is 27.1. The van der Waals surface area contributed by atoms with Gasteiger partial charge in [0.25, 0.3) is 11.6 Å². The molecule has 1 amide bonds. The predicted molar refractivity (Wildman–Crippen MR) is 107 cm³/mol. The second kappa shape index (κ2) is 8.38. The lowest BCUT2D eigenvalue weighted by Gasteiger charge is -2.40. The number of hydrogen-bond acceptors (Lipinski definition) is 5. The largest absolute Gasteiger partial charge is 0.332 e. The van der Waals surface area contributed by atoms with Gasteiger partial charge in [-0.1, -0.05) is 34.1 Å². The molecule has 0 bridgehead atoms. The quantitative estimate of drug-likeness (QED) is 0.381. The number of halogens is 1. The molecule has 148 valence electrons. The van der Waals surface area contributed by atoms with Gasteiger partial charge < -0.3 is 4.90 Å². The molecule has 2 aromatic rings. The van der Waals surface area contributed by atoms with E-state index in [9.17, 15) is 23.3 Å². The SMILES string of the molecule is O=C(c1ccccc1)N1CCN(S(=O)(=O)c2ccc([N+](=O)[O-])cc2)C[C@@H]1CBr. The molecule has 0 N–H and O–H groups in total. The fourth-order valence-electron chi connectivity index (χ4n) is 3.08. The minimum absolute atomic E-state index is 0.00532. The molecule has 8 nitrogen and oxygen atoms in total. The second-order valence-electron chi connectivity index (χ2n) is 6.29. The summed E-state index contributed by atoms with van der Waals surface area (Å²) in [4.78, 5) is 24.6. The molecule has 1 saturated heterocycles. The number of hydrogen-bond donors (Lipinski definition) is 0. The Labute approximate surface area is 171 Å². The van der Waals surface area contributed by atoms with Crippen LogP contribution < -0.4 is 0 Å². The zero-order valence-electron chi connectivity index (χ0n) is 14.8. The summed E-state index contributed by atoms with van der Waals surface area (Å²) >= 11 is 3.38. The molecule has 1 aliphatic rings. The van der Waals surface area contributed by atoms with E-state index in [2.05, 4.69) is 15.9 Å². The molecule has 1 fully saturated rings. The van der Waals surface area contributed by atoms with E-state index in [4.69, 9.17) is 0 Å². The van der Waals surface area contributed by atoms with Gasteiger partial charge in [0.2, 0.25) is 10.0 Å². The van der Waals surface area contributed by atoms with Gasteiger partial charge in [-0.3, -0.25) is 14.9 Å². The highest BCUT2D eigenvalue weighted by molar-refractivity contribution is 9.09. The van der Waals surface area contributed by atoms with Crippen LogP contribution >= 0.6 is 15.9 Å². The first-order chi connectivity index (χ1) is 13.3. The highest BCUT2D eigenvalue weighted by Crippen LogP contribution is 2.24. The molecule has 1 atom stereocenters. The minimum Gasteiger partial charge on any atom is -0.332 e. The fraction of sp³-hybridized carbons (Fsp3) is 0.278. The third-order valence-corrected chi connectivity index (χ3v) is 7.22. The van der Waals surface area contributed by atoms with Crippen molar-refractivity contribution in [2.75, 3.05) is 25.0 Å². The van der Waals surface area contributed by atoms with Crippen LogP contribution in [-0.4, -0.2) is 59.5 Å². The van der Waals surface area contributed by atoms with Crippen LogP contribution in [0.3, 0.4) is 0 Å². The van der Waals surface area contributed by atoms with Crippen molar-refractivity contribution in [3.8, 4) is 0 Å².